The fourth-order valence-corrected chi connectivity index (χ4v) is 3.15. The van der Waals surface area contributed by atoms with Crippen molar-refractivity contribution in [2.45, 2.75) is 27.2 Å². The van der Waals surface area contributed by atoms with Gasteiger partial charge in [0, 0.05) is 11.1 Å². The summed E-state index contributed by atoms with van der Waals surface area (Å²) in [5, 5.41) is 0. The van der Waals surface area contributed by atoms with E-state index in [-0.39, 0.29) is 0 Å². The van der Waals surface area contributed by atoms with Crippen LogP contribution in [0.5, 0.6) is 11.5 Å². The number of carbonyl (C=O) groups is 2. The summed E-state index contributed by atoms with van der Waals surface area (Å²) in [5.41, 5.74) is 6.21. The van der Waals surface area contributed by atoms with Crippen LogP contribution in [0.25, 0.3) is 22.3 Å². The van der Waals surface area contributed by atoms with E-state index in [0.29, 0.717) is 22.6 Å². The maximum atomic E-state index is 11.7. The molecule has 0 atom stereocenters. The average molecular weight is 427 g/mol. The Bertz CT molecular complexity index is 1170. The molecule has 0 saturated carbocycles. The van der Waals surface area contributed by atoms with Crippen molar-refractivity contribution in [3.63, 3.8) is 0 Å². The molecule has 0 N–H and O–H groups in total. The minimum absolute atomic E-state index is 0.360. The van der Waals surface area contributed by atoms with Gasteiger partial charge in [-0.2, -0.15) is 0 Å². The molecule has 3 aromatic rings. The van der Waals surface area contributed by atoms with Crippen LogP contribution in [0, 0.1) is 0 Å². The van der Waals surface area contributed by atoms with Crippen molar-refractivity contribution in [2.24, 2.45) is 0 Å². The SMILES string of the molecule is C=C(C)C(=O)Oc1ccc(-c2ccc(-c3ccc(OC(=O)C(=C)C)cc3)c(CC)c2)cc1. The summed E-state index contributed by atoms with van der Waals surface area (Å²) >= 11 is 0. The summed E-state index contributed by atoms with van der Waals surface area (Å²) in [5.74, 6) is 0.109. The Morgan fingerprint density at radius 1 is 0.688 bits per heavy atom. The van der Waals surface area contributed by atoms with Crippen LogP contribution in [-0.2, 0) is 16.0 Å². The molecule has 0 bridgehead atoms. The van der Waals surface area contributed by atoms with Crippen molar-refractivity contribution in [2.75, 3.05) is 0 Å². The van der Waals surface area contributed by atoms with Gasteiger partial charge in [-0.05, 0) is 72.4 Å². The van der Waals surface area contributed by atoms with E-state index in [1.165, 1.54) is 5.56 Å². The van der Waals surface area contributed by atoms with Crippen molar-refractivity contribution < 1.29 is 19.1 Å². The van der Waals surface area contributed by atoms with Gasteiger partial charge in [0.1, 0.15) is 11.5 Å². The monoisotopic (exact) mass is 426 g/mol. The van der Waals surface area contributed by atoms with E-state index in [1.54, 1.807) is 38.1 Å². The molecule has 0 spiro atoms. The molecule has 3 aromatic carbocycles. The highest BCUT2D eigenvalue weighted by atomic mass is 16.5. The fraction of sp³-hybridized carbons (Fsp3) is 0.143. The lowest BCUT2D eigenvalue weighted by Crippen LogP contribution is -2.07. The standard InChI is InChI=1S/C28H26O4/c1-6-20-17-23(21-7-12-24(13-8-21)31-27(29)18(2)3)11-16-26(20)22-9-14-25(15-10-22)32-28(30)19(4)5/h7-17H,2,4,6H2,1,3,5H3. The fourth-order valence-electron chi connectivity index (χ4n) is 3.15. The van der Waals surface area contributed by atoms with E-state index in [9.17, 15) is 9.59 Å². The molecule has 0 heterocycles. The molecule has 4 heteroatoms. The maximum Gasteiger partial charge on any atom is 0.338 e. The molecule has 0 fully saturated rings. The Morgan fingerprint density at radius 3 is 1.56 bits per heavy atom. The third kappa shape index (κ3) is 5.41. The Hall–Kier alpha value is -3.92. The van der Waals surface area contributed by atoms with Gasteiger partial charge in [-0.3, -0.25) is 0 Å². The Labute approximate surface area is 188 Å². The van der Waals surface area contributed by atoms with Crippen molar-refractivity contribution in [1.82, 2.24) is 0 Å². The number of rotatable bonds is 7. The molecule has 0 aromatic heterocycles. The third-order valence-corrected chi connectivity index (χ3v) is 4.96. The van der Waals surface area contributed by atoms with Gasteiger partial charge in [-0.1, -0.05) is 62.5 Å². The van der Waals surface area contributed by atoms with Crippen LogP contribution in [0.1, 0.15) is 26.3 Å². The lowest BCUT2D eigenvalue weighted by Gasteiger charge is -2.12. The predicted molar refractivity (Wildman–Crippen MR) is 128 cm³/mol. The maximum absolute atomic E-state index is 11.7. The summed E-state index contributed by atoms with van der Waals surface area (Å²) in [7, 11) is 0. The highest BCUT2D eigenvalue weighted by molar-refractivity contribution is 5.89. The molecule has 3 rings (SSSR count). The number of ether oxygens (including phenoxy) is 2. The van der Waals surface area contributed by atoms with E-state index in [2.05, 4.69) is 38.3 Å². The van der Waals surface area contributed by atoms with Gasteiger partial charge in [0.2, 0.25) is 0 Å². The van der Waals surface area contributed by atoms with Crippen LogP contribution in [-0.4, -0.2) is 11.9 Å². The van der Waals surface area contributed by atoms with Gasteiger partial charge in [0.25, 0.3) is 0 Å². The van der Waals surface area contributed by atoms with Crippen molar-refractivity contribution in [1.29, 1.82) is 0 Å². The summed E-state index contributed by atoms with van der Waals surface area (Å²) in [6, 6.07) is 21.2. The third-order valence-electron chi connectivity index (χ3n) is 4.96. The zero-order valence-corrected chi connectivity index (χ0v) is 18.6. The molecule has 0 amide bonds. The van der Waals surface area contributed by atoms with Gasteiger partial charge in [-0.25, -0.2) is 9.59 Å². The Morgan fingerprint density at radius 2 is 1.12 bits per heavy atom. The molecule has 32 heavy (non-hydrogen) atoms. The number of benzene rings is 3. The number of hydrogen-bond donors (Lipinski definition) is 0. The van der Waals surface area contributed by atoms with Crippen LogP contribution in [0.3, 0.4) is 0 Å². The molecule has 0 aliphatic heterocycles. The summed E-state index contributed by atoms with van der Waals surface area (Å²) < 4.78 is 10.5. The Kier molecular flexibility index (Phi) is 7.06. The van der Waals surface area contributed by atoms with Crippen molar-refractivity contribution in [3.8, 4) is 33.8 Å². The minimum Gasteiger partial charge on any atom is -0.423 e. The van der Waals surface area contributed by atoms with E-state index in [4.69, 9.17) is 9.47 Å². The zero-order valence-electron chi connectivity index (χ0n) is 18.6. The van der Waals surface area contributed by atoms with E-state index in [1.807, 2.05) is 24.3 Å². The smallest absolute Gasteiger partial charge is 0.338 e. The average Bonchev–Trinajstić information content (AvgIpc) is 2.79. The van der Waals surface area contributed by atoms with E-state index in [0.717, 1.165) is 28.7 Å². The summed E-state index contributed by atoms with van der Waals surface area (Å²) in [4.78, 5) is 23.4. The van der Waals surface area contributed by atoms with Gasteiger partial charge < -0.3 is 9.47 Å². The number of aryl methyl sites for hydroxylation is 1. The predicted octanol–water partition coefficient (Wildman–Crippen LogP) is 6.55. The van der Waals surface area contributed by atoms with Gasteiger partial charge in [0.15, 0.2) is 0 Å². The number of hydrogen-bond acceptors (Lipinski definition) is 4. The first kappa shape index (κ1) is 22.8. The number of carbonyl (C=O) groups excluding carboxylic acids is 2. The van der Waals surface area contributed by atoms with E-state index >= 15 is 0 Å². The largest absolute Gasteiger partial charge is 0.423 e. The zero-order chi connectivity index (χ0) is 23.3. The first-order chi connectivity index (χ1) is 15.3. The normalized spacial score (nSPS) is 10.3. The molecule has 0 aliphatic rings. The topological polar surface area (TPSA) is 52.6 Å². The van der Waals surface area contributed by atoms with Gasteiger partial charge >= 0.3 is 11.9 Å². The first-order valence-electron chi connectivity index (χ1n) is 10.4. The molecule has 0 radical (unpaired) electrons. The minimum atomic E-state index is -0.434. The molecule has 0 aliphatic carbocycles. The molecular formula is C28H26O4. The molecule has 4 nitrogen and oxygen atoms in total. The molecule has 162 valence electrons. The van der Waals surface area contributed by atoms with Crippen LogP contribution < -0.4 is 9.47 Å². The van der Waals surface area contributed by atoms with Crippen molar-refractivity contribution in [3.05, 3.63) is 96.6 Å². The van der Waals surface area contributed by atoms with Crippen LogP contribution in [0.4, 0.5) is 0 Å². The van der Waals surface area contributed by atoms with Gasteiger partial charge in [0.05, 0.1) is 0 Å². The summed E-state index contributed by atoms with van der Waals surface area (Å²) in [6.45, 7) is 12.5. The number of esters is 2. The van der Waals surface area contributed by atoms with E-state index < -0.39 is 11.9 Å². The summed E-state index contributed by atoms with van der Waals surface area (Å²) in [6.07, 6.45) is 0.865. The molecule has 0 saturated heterocycles. The van der Waals surface area contributed by atoms with Crippen LogP contribution in [0.2, 0.25) is 0 Å². The second-order valence-electron chi connectivity index (χ2n) is 7.61. The lowest BCUT2D eigenvalue weighted by molar-refractivity contribution is -0.130. The second-order valence-corrected chi connectivity index (χ2v) is 7.61. The highest BCUT2D eigenvalue weighted by Gasteiger charge is 2.10. The molecular weight excluding hydrogens is 400 g/mol. The van der Waals surface area contributed by atoms with Crippen LogP contribution >= 0.6 is 0 Å². The quantitative estimate of drug-likeness (QED) is 0.244. The Balaban J connectivity index is 1.82. The second kappa shape index (κ2) is 9.92. The highest BCUT2D eigenvalue weighted by Crippen LogP contribution is 2.31. The molecule has 0 unspecified atom stereocenters. The first-order valence-corrected chi connectivity index (χ1v) is 10.4. The van der Waals surface area contributed by atoms with Gasteiger partial charge in [-0.15, -0.1) is 0 Å². The lowest BCUT2D eigenvalue weighted by atomic mass is 9.93. The van der Waals surface area contributed by atoms with Crippen LogP contribution in [0.15, 0.2) is 91.0 Å². The van der Waals surface area contributed by atoms with Crippen molar-refractivity contribution >= 4 is 11.9 Å².